The number of thiazole rings is 1. The Balaban J connectivity index is 2.74. The molecule has 60 valence electrons. The van der Waals surface area contributed by atoms with Gasteiger partial charge in [0.25, 0.3) is 0 Å². The van der Waals surface area contributed by atoms with E-state index in [1.165, 1.54) is 11.3 Å². The van der Waals surface area contributed by atoms with Gasteiger partial charge in [0.1, 0.15) is 0 Å². The first kappa shape index (κ1) is 7.31. The molecule has 2 N–H and O–H groups in total. The lowest BCUT2D eigenvalue weighted by Crippen LogP contribution is -1.79. The highest BCUT2D eigenvalue weighted by molar-refractivity contribution is 7.22. The Morgan fingerprint density at radius 3 is 3.08 bits per heavy atom. The molecule has 2 aromatic rings. The van der Waals surface area contributed by atoms with Crippen molar-refractivity contribution < 1.29 is 0 Å². The van der Waals surface area contributed by atoms with Gasteiger partial charge in [-0.15, -0.1) is 0 Å². The van der Waals surface area contributed by atoms with Crippen LogP contribution < -0.4 is 5.73 Å². The molecule has 2 nitrogen and oxygen atoms in total. The number of aromatic nitrogens is 1. The Kier molecular flexibility index (Phi) is 1.59. The maximum atomic E-state index is 5.56. The molecule has 2 rings (SSSR count). The van der Waals surface area contributed by atoms with Crippen molar-refractivity contribution in [1.82, 2.24) is 4.98 Å². The van der Waals surface area contributed by atoms with E-state index in [2.05, 4.69) is 11.6 Å². The Labute approximate surface area is 74.4 Å². The molecule has 0 spiro atoms. The van der Waals surface area contributed by atoms with Crippen LogP contribution in [0.4, 0.5) is 5.13 Å². The summed E-state index contributed by atoms with van der Waals surface area (Å²) in [6.07, 6.45) is 1.80. The van der Waals surface area contributed by atoms with Crippen LogP contribution in [0, 0.1) is 0 Å². The molecule has 0 saturated carbocycles. The van der Waals surface area contributed by atoms with Gasteiger partial charge in [0.2, 0.25) is 0 Å². The highest BCUT2D eigenvalue weighted by Crippen LogP contribution is 2.24. The van der Waals surface area contributed by atoms with Crippen LogP contribution in [0.15, 0.2) is 24.8 Å². The number of nitrogens with zero attached hydrogens (tertiary/aromatic N) is 1. The maximum Gasteiger partial charge on any atom is 0.181 e. The largest absolute Gasteiger partial charge is 0.375 e. The van der Waals surface area contributed by atoms with E-state index in [1.807, 2.05) is 18.2 Å². The van der Waals surface area contributed by atoms with Crippen molar-refractivity contribution in [1.29, 1.82) is 0 Å². The summed E-state index contributed by atoms with van der Waals surface area (Å²) in [6.45, 7) is 3.69. The third-order valence-corrected chi connectivity index (χ3v) is 2.53. The zero-order valence-corrected chi connectivity index (χ0v) is 7.27. The van der Waals surface area contributed by atoms with Crippen molar-refractivity contribution in [2.75, 3.05) is 5.73 Å². The number of nitrogen functional groups attached to an aromatic ring is 1. The van der Waals surface area contributed by atoms with Gasteiger partial charge >= 0.3 is 0 Å². The van der Waals surface area contributed by atoms with Crippen molar-refractivity contribution in [2.24, 2.45) is 0 Å². The van der Waals surface area contributed by atoms with E-state index in [4.69, 9.17) is 5.73 Å². The van der Waals surface area contributed by atoms with Crippen molar-refractivity contribution in [3.05, 3.63) is 30.3 Å². The zero-order valence-electron chi connectivity index (χ0n) is 6.45. The monoisotopic (exact) mass is 176 g/mol. The van der Waals surface area contributed by atoms with Gasteiger partial charge < -0.3 is 5.73 Å². The smallest absolute Gasteiger partial charge is 0.181 e. The molecule has 3 heteroatoms. The summed E-state index contributed by atoms with van der Waals surface area (Å²) >= 11 is 1.50. The SMILES string of the molecule is C=Cc1ccc2sc(N)nc2c1. The van der Waals surface area contributed by atoms with E-state index in [-0.39, 0.29) is 0 Å². The third kappa shape index (κ3) is 1.08. The summed E-state index contributed by atoms with van der Waals surface area (Å²) < 4.78 is 1.12. The predicted octanol–water partition coefficient (Wildman–Crippen LogP) is 2.52. The molecule has 12 heavy (non-hydrogen) atoms. The van der Waals surface area contributed by atoms with E-state index in [0.29, 0.717) is 5.13 Å². The number of benzene rings is 1. The second-order valence-electron chi connectivity index (χ2n) is 2.48. The molecule has 1 aromatic heterocycles. The number of nitrogens with two attached hydrogens (primary N) is 1. The number of hydrogen-bond donors (Lipinski definition) is 1. The molecular formula is C9H8N2S. The van der Waals surface area contributed by atoms with Gasteiger partial charge in [-0.1, -0.05) is 30.1 Å². The maximum absolute atomic E-state index is 5.56. The minimum absolute atomic E-state index is 0.617. The summed E-state index contributed by atoms with van der Waals surface area (Å²) in [6, 6.07) is 6.00. The number of rotatable bonds is 1. The van der Waals surface area contributed by atoms with Gasteiger partial charge in [-0.2, -0.15) is 0 Å². The molecular weight excluding hydrogens is 168 g/mol. The molecule has 0 radical (unpaired) electrons. The quantitative estimate of drug-likeness (QED) is 0.725. The lowest BCUT2D eigenvalue weighted by atomic mass is 10.2. The fourth-order valence-electron chi connectivity index (χ4n) is 1.09. The summed E-state index contributed by atoms with van der Waals surface area (Å²) in [5, 5.41) is 0.617. The van der Waals surface area contributed by atoms with Gasteiger partial charge in [0.05, 0.1) is 10.2 Å². The predicted molar refractivity (Wildman–Crippen MR) is 54.1 cm³/mol. The molecule has 0 aliphatic carbocycles. The molecule has 0 aliphatic heterocycles. The Hall–Kier alpha value is -1.35. The first-order valence-corrected chi connectivity index (χ1v) is 4.40. The second-order valence-corrected chi connectivity index (χ2v) is 3.55. The number of fused-ring (bicyclic) bond motifs is 1. The van der Waals surface area contributed by atoms with Crippen LogP contribution in [-0.4, -0.2) is 4.98 Å². The average molecular weight is 176 g/mol. The molecule has 0 atom stereocenters. The van der Waals surface area contributed by atoms with Gasteiger partial charge in [-0.25, -0.2) is 4.98 Å². The van der Waals surface area contributed by atoms with Gasteiger partial charge in [-0.3, -0.25) is 0 Å². The molecule has 0 amide bonds. The summed E-state index contributed by atoms with van der Waals surface area (Å²) in [5.41, 5.74) is 7.59. The zero-order chi connectivity index (χ0) is 8.55. The standard InChI is InChI=1S/C9H8N2S/c1-2-6-3-4-8-7(5-6)11-9(10)12-8/h2-5H,1H2,(H2,10,11). The van der Waals surface area contributed by atoms with Crippen LogP contribution in [0.3, 0.4) is 0 Å². The van der Waals surface area contributed by atoms with E-state index in [0.717, 1.165) is 15.8 Å². The van der Waals surface area contributed by atoms with Crippen LogP contribution in [0.25, 0.3) is 16.3 Å². The molecule has 1 aromatic carbocycles. The lowest BCUT2D eigenvalue weighted by molar-refractivity contribution is 1.49. The van der Waals surface area contributed by atoms with Crippen molar-refractivity contribution in [3.63, 3.8) is 0 Å². The topological polar surface area (TPSA) is 38.9 Å². The molecule has 0 unspecified atom stereocenters. The second kappa shape index (κ2) is 2.60. The fraction of sp³-hybridized carbons (Fsp3) is 0. The van der Waals surface area contributed by atoms with Crippen LogP contribution in [0.2, 0.25) is 0 Å². The summed E-state index contributed by atoms with van der Waals surface area (Å²) in [5.74, 6) is 0. The molecule has 0 fully saturated rings. The first-order valence-electron chi connectivity index (χ1n) is 3.58. The third-order valence-electron chi connectivity index (χ3n) is 1.66. The Bertz CT molecular complexity index is 431. The van der Waals surface area contributed by atoms with Crippen molar-refractivity contribution in [3.8, 4) is 0 Å². The molecule has 0 saturated heterocycles. The first-order chi connectivity index (χ1) is 5.79. The minimum atomic E-state index is 0.617. The van der Waals surface area contributed by atoms with Gasteiger partial charge in [-0.05, 0) is 17.7 Å². The average Bonchev–Trinajstić information content (AvgIpc) is 2.43. The highest BCUT2D eigenvalue weighted by atomic mass is 32.1. The Morgan fingerprint density at radius 1 is 1.50 bits per heavy atom. The minimum Gasteiger partial charge on any atom is -0.375 e. The summed E-state index contributed by atoms with van der Waals surface area (Å²) in [7, 11) is 0. The highest BCUT2D eigenvalue weighted by Gasteiger charge is 1.99. The van der Waals surface area contributed by atoms with E-state index in [1.54, 1.807) is 6.08 Å². The Morgan fingerprint density at radius 2 is 2.33 bits per heavy atom. The van der Waals surface area contributed by atoms with Crippen LogP contribution in [-0.2, 0) is 0 Å². The molecule has 0 bridgehead atoms. The van der Waals surface area contributed by atoms with Crippen molar-refractivity contribution in [2.45, 2.75) is 0 Å². The van der Waals surface area contributed by atoms with E-state index >= 15 is 0 Å². The number of hydrogen-bond acceptors (Lipinski definition) is 3. The lowest BCUT2D eigenvalue weighted by Gasteiger charge is -1.90. The number of anilines is 1. The van der Waals surface area contributed by atoms with Crippen LogP contribution in [0.1, 0.15) is 5.56 Å². The van der Waals surface area contributed by atoms with Gasteiger partial charge in [0, 0.05) is 0 Å². The molecule has 1 heterocycles. The van der Waals surface area contributed by atoms with Crippen molar-refractivity contribution >= 4 is 32.8 Å². The van der Waals surface area contributed by atoms with E-state index in [9.17, 15) is 0 Å². The fourth-order valence-corrected chi connectivity index (χ4v) is 1.80. The molecule has 0 aliphatic rings. The van der Waals surface area contributed by atoms with Crippen LogP contribution in [0.5, 0.6) is 0 Å². The van der Waals surface area contributed by atoms with Gasteiger partial charge in [0.15, 0.2) is 5.13 Å². The summed E-state index contributed by atoms with van der Waals surface area (Å²) in [4.78, 5) is 4.17. The van der Waals surface area contributed by atoms with E-state index < -0.39 is 0 Å². The van der Waals surface area contributed by atoms with Crippen LogP contribution >= 0.6 is 11.3 Å². The normalized spacial score (nSPS) is 10.3.